The maximum atomic E-state index is 12.9. The van der Waals surface area contributed by atoms with Gasteiger partial charge in [0.25, 0.3) is 0 Å². The summed E-state index contributed by atoms with van der Waals surface area (Å²) >= 11 is 5.63. The lowest BCUT2D eigenvalue weighted by atomic mass is 10.2. The van der Waals surface area contributed by atoms with Crippen molar-refractivity contribution in [3.05, 3.63) is 34.6 Å². The van der Waals surface area contributed by atoms with Gasteiger partial charge in [0.1, 0.15) is 5.82 Å². The van der Waals surface area contributed by atoms with Gasteiger partial charge in [-0.1, -0.05) is 17.7 Å². The number of hydrogen-bond acceptors (Lipinski definition) is 2. The molecule has 1 rings (SSSR count). The van der Waals surface area contributed by atoms with Crippen molar-refractivity contribution in [2.45, 2.75) is 32.4 Å². The van der Waals surface area contributed by atoms with Crippen LogP contribution in [0.5, 0.6) is 0 Å². The molecule has 1 aromatic carbocycles. The zero-order chi connectivity index (χ0) is 12.8. The fourth-order valence-electron chi connectivity index (χ4n) is 1.30. The Labute approximate surface area is 117 Å². The first-order chi connectivity index (χ1) is 7.99. The molecule has 1 amide bonds. The van der Waals surface area contributed by atoms with Crippen LogP contribution in [0.3, 0.4) is 0 Å². The normalized spacial score (nSPS) is 11.6. The molecule has 102 valence electrons. The third kappa shape index (κ3) is 6.19. The van der Waals surface area contributed by atoms with Crippen LogP contribution in [0.1, 0.15) is 25.3 Å². The van der Waals surface area contributed by atoms with Crippen LogP contribution in [0.4, 0.5) is 4.39 Å². The average molecular weight is 295 g/mol. The summed E-state index contributed by atoms with van der Waals surface area (Å²) in [5.41, 5.74) is 6.31. The first-order valence-corrected chi connectivity index (χ1v) is 5.83. The number of nitrogens with two attached hydrogens (primary N) is 1. The highest BCUT2D eigenvalue weighted by Crippen LogP contribution is 2.15. The topological polar surface area (TPSA) is 55.1 Å². The highest BCUT2D eigenvalue weighted by molar-refractivity contribution is 6.30. The summed E-state index contributed by atoms with van der Waals surface area (Å²) in [6, 6.07) is 4.39. The molecule has 1 atom stereocenters. The zero-order valence-corrected chi connectivity index (χ0v) is 11.7. The highest BCUT2D eigenvalue weighted by Gasteiger charge is 2.05. The number of benzene rings is 1. The Hall–Kier alpha value is -0.840. The smallest absolute Gasteiger partial charge is 0.220 e. The lowest BCUT2D eigenvalue weighted by Crippen LogP contribution is -2.25. The quantitative estimate of drug-likeness (QED) is 0.877. The van der Waals surface area contributed by atoms with Gasteiger partial charge in [-0.2, -0.15) is 0 Å². The highest BCUT2D eigenvalue weighted by atomic mass is 35.5. The van der Waals surface area contributed by atoms with E-state index in [1.807, 2.05) is 6.92 Å². The number of nitrogens with one attached hydrogen (secondary N) is 1. The molecule has 3 nitrogen and oxygen atoms in total. The van der Waals surface area contributed by atoms with Crippen LogP contribution >= 0.6 is 24.0 Å². The van der Waals surface area contributed by atoms with E-state index in [2.05, 4.69) is 5.32 Å². The Morgan fingerprint density at radius 2 is 2.22 bits per heavy atom. The van der Waals surface area contributed by atoms with Crippen LogP contribution in [0.15, 0.2) is 18.2 Å². The summed E-state index contributed by atoms with van der Waals surface area (Å²) in [5, 5.41) is 2.79. The van der Waals surface area contributed by atoms with Gasteiger partial charge in [-0.05, 0) is 31.0 Å². The SMILES string of the molecule is CC(N)CCC(=O)NCc1ccc(F)c(Cl)c1.Cl. The molecule has 0 saturated heterocycles. The molecular weight excluding hydrogens is 278 g/mol. The van der Waals surface area contributed by atoms with Gasteiger partial charge in [0.2, 0.25) is 5.91 Å². The summed E-state index contributed by atoms with van der Waals surface area (Å²) < 4.78 is 12.9. The maximum absolute atomic E-state index is 12.9. The third-order valence-corrected chi connectivity index (χ3v) is 2.59. The van der Waals surface area contributed by atoms with Crippen molar-refractivity contribution in [3.63, 3.8) is 0 Å². The molecule has 1 unspecified atom stereocenters. The van der Waals surface area contributed by atoms with Crippen molar-refractivity contribution in [3.8, 4) is 0 Å². The summed E-state index contributed by atoms with van der Waals surface area (Å²) in [6.45, 7) is 2.20. The Balaban J connectivity index is 0.00000289. The Morgan fingerprint density at radius 3 is 2.78 bits per heavy atom. The van der Waals surface area contributed by atoms with E-state index < -0.39 is 5.82 Å². The minimum absolute atomic E-state index is 0. The molecular formula is C12H17Cl2FN2O. The van der Waals surface area contributed by atoms with Gasteiger partial charge in [-0.25, -0.2) is 4.39 Å². The molecule has 0 bridgehead atoms. The number of halogens is 3. The number of rotatable bonds is 5. The van der Waals surface area contributed by atoms with E-state index in [1.54, 1.807) is 6.07 Å². The van der Waals surface area contributed by atoms with Crippen LogP contribution in [0.25, 0.3) is 0 Å². The zero-order valence-electron chi connectivity index (χ0n) is 10.1. The van der Waals surface area contributed by atoms with Crippen molar-refractivity contribution >= 4 is 29.9 Å². The number of hydrogen-bond donors (Lipinski definition) is 2. The Bertz CT molecular complexity index is 400. The minimum atomic E-state index is -0.460. The fourth-order valence-corrected chi connectivity index (χ4v) is 1.50. The number of amides is 1. The van der Waals surface area contributed by atoms with E-state index in [0.717, 1.165) is 5.56 Å². The maximum Gasteiger partial charge on any atom is 0.220 e. The van der Waals surface area contributed by atoms with Gasteiger partial charge in [0.15, 0.2) is 0 Å². The van der Waals surface area contributed by atoms with E-state index in [9.17, 15) is 9.18 Å². The molecule has 0 aliphatic rings. The van der Waals surface area contributed by atoms with E-state index in [0.29, 0.717) is 19.4 Å². The Kier molecular flexibility index (Phi) is 7.91. The fraction of sp³-hybridized carbons (Fsp3) is 0.417. The van der Waals surface area contributed by atoms with Gasteiger partial charge in [-0.15, -0.1) is 12.4 Å². The summed E-state index contributed by atoms with van der Waals surface area (Å²) in [6.07, 6.45) is 1.04. The predicted molar refractivity (Wildman–Crippen MR) is 73.4 cm³/mol. The van der Waals surface area contributed by atoms with E-state index in [-0.39, 0.29) is 29.4 Å². The third-order valence-electron chi connectivity index (χ3n) is 2.30. The number of carbonyl (C=O) groups is 1. The lowest BCUT2D eigenvalue weighted by Gasteiger charge is -2.07. The van der Waals surface area contributed by atoms with Crippen LogP contribution in [-0.2, 0) is 11.3 Å². The van der Waals surface area contributed by atoms with Crippen LogP contribution in [0, 0.1) is 5.82 Å². The monoisotopic (exact) mass is 294 g/mol. The molecule has 0 saturated carbocycles. The number of carbonyl (C=O) groups excluding carboxylic acids is 1. The van der Waals surface area contributed by atoms with Gasteiger partial charge in [0, 0.05) is 19.0 Å². The van der Waals surface area contributed by atoms with Crippen molar-refractivity contribution in [2.24, 2.45) is 5.73 Å². The van der Waals surface area contributed by atoms with Crippen LogP contribution in [-0.4, -0.2) is 11.9 Å². The largest absolute Gasteiger partial charge is 0.352 e. The van der Waals surface area contributed by atoms with Gasteiger partial charge in [-0.3, -0.25) is 4.79 Å². The second-order valence-electron chi connectivity index (χ2n) is 4.04. The molecule has 0 radical (unpaired) electrons. The second kappa shape index (κ2) is 8.29. The molecule has 1 aromatic rings. The average Bonchev–Trinajstić information content (AvgIpc) is 2.28. The molecule has 3 N–H and O–H groups in total. The van der Waals surface area contributed by atoms with Crippen molar-refractivity contribution < 1.29 is 9.18 Å². The predicted octanol–water partition coefficient (Wildman–Crippen LogP) is 2.64. The molecule has 0 spiro atoms. The summed E-state index contributed by atoms with van der Waals surface area (Å²) in [7, 11) is 0. The Morgan fingerprint density at radius 1 is 1.56 bits per heavy atom. The molecule has 0 aliphatic carbocycles. The van der Waals surface area contributed by atoms with Crippen molar-refractivity contribution in [2.75, 3.05) is 0 Å². The van der Waals surface area contributed by atoms with Gasteiger partial charge >= 0.3 is 0 Å². The molecule has 18 heavy (non-hydrogen) atoms. The lowest BCUT2D eigenvalue weighted by molar-refractivity contribution is -0.121. The summed E-state index contributed by atoms with van der Waals surface area (Å²) in [4.78, 5) is 11.4. The van der Waals surface area contributed by atoms with Crippen molar-refractivity contribution in [1.29, 1.82) is 0 Å². The summed E-state index contributed by atoms with van der Waals surface area (Å²) in [5.74, 6) is -0.526. The van der Waals surface area contributed by atoms with Gasteiger partial charge in [0.05, 0.1) is 5.02 Å². The second-order valence-corrected chi connectivity index (χ2v) is 4.45. The standard InChI is InChI=1S/C12H16ClFN2O.ClH/c1-8(15)2-5-12(17)16-7-9-3-4-11(14)10(13)6-9;/h3-4,6,8H,2,5,7,15H2,1H3,(H,16,17);1H. The van der Waals surface area contributed by atoms with Crippen LogP contribution < -0.4 is 11.1 Å². The molecule has 0 aliphatic heterocycles. The van der Waals surface area contributed by atoms with E-state index in [1.165, 1.54) is 12.1 Å². The molecule has 0 heterocycles. The van der Waals surface area contributed by atoms with E-state index in [4.69, 9.17) is 17.3 Å². The van der Waals surface area contributed by atoms with Crippen molar-refractivity contribution in [1.82, 2.24) is 5.32 Å². The van der Waals surface area contributed by atoms with E-state index >= 15 is 0 Å². The minimum Gasteiger partial charge on any atom is -0.352 e. The van der Waals surface area contributed by atoms with Crippen LogP contribution in [0.2, 0.25) is 5.02 Å². The molecule has 6 heteroatoms. The molecule has 0 fully saturated rings. The first-order valence-electron chi connectivity index (χ1n) is 5.45. The molecule has 0 aromatic heterocycles. The first kappa shape index (κ1) is 17.2. The van der Waals surface area contributed by atoms with Gasteiger partial charge < -0.3 is 11.1 Å².